The number of hydrogen-bond donors (Lipinski definition) is 1. The maximum Gasteiger partial charge on any atom is 0.154 e. The lowest BCUT2D eigenvalue weighted by Crippen LogP contribution is -2.19. The summed E-state index contributed by atoms with van der Waals surface area (Å²) in [4.78, 5) is 0. The number of fused-ring (bicyclic) bond motifs is 1. The van der Waals surface area contributed by atoms with Crippen molar-refractivity contribution in [2.45, 2.75) is 33.2 Å². The molecule has 0 saturated heterocycles. The first kappa shape index (κ1) is 13.7. The first-order chi connectivity index (χ1) is 8.56. The van der Waals surface area contributed by atoms with Gasteiger partial charge in [0.1, 0.15) is 10.8 Å². The van der Waals surface area contributed by atoms with Crippen molar-refractivity contribution in [3.8, 4) is 0 Å². The van der Waals surface area contributed by atoms with E-state index in [1.807, 2.05) is 12.1 Å². The van der Waals surface area contributed by atoms with E-state index in [4.69, 9.17) is 27.6 Å². The van der Waals surface area contributed by atoms with Gasteiger partial charge in [0.2, 0.25) is 0 Å². The third-order valence-corrected chi connectivity index (χ3v) is 3.92. The van der Waals surface area contributed by atoms with E-state index in [0.717, 1.165) is 29.7 Å². The van der Waals surface area contributed by atoms with E-state index in [1.165, 1.54) is 0 Å². The molecule has 1 atom stereocenters. The molecule has 1 N–H and O–H groups in total. The summed E-state index contributed by atoms with van der Waals surface area (Å²) in [5.74, 6) is 0.933. The molecule has 1 aromatic heterocycles. The summed E-state index contributed by atoms with van der Waals surface area (Å²) in [5.41, 5.74) is 1.81. The van der Waals surface area contributed by atoms with E-state index < -0.39 is 0 Å². The molecule has 0 fully saturated rings. The molecule has 0 spiro atoms. The van der Waals surface area contributed by atoms with E-state index in [-0.39, 0.29) is 6.04 Å². The minimum Gasteiger partial charge on any atom is -0.457 e. The molecule has 2 aromatic rings. The molecule has 0 radical (unpaired) electrons. The van der Waals surface area contributed by atoms with Crippen LogP contribution in [0, 0.1) is 6.92 Å². The number of rotatable bonds is 4. The van der Waals surface area contributed by atoms with Gasteiger partial charge in [-0.2, -0.15) is 0 Å². The largest absolute Gasteiger partial charge is 0.457 e. The van der Waals surface area contributed by atoms with Crippen LogP contribution in [-0.4, -0.2) is 6.54 Å². The van der Waals surface area contributed by atoms with Gasteiger partial charge in [-0.1, -0.05) is 30.1 Å². The lowest BCUT2D eigenvalue weighted by atomic mass is 10.1. The van der Waals surface area contributed by atoms with Crippen LogP contribution in [0.4, 0.5) is 0 Å². The Labute approximate surface area is 117 Å². The summed E-state index contributed by atoms with van der Waals surface area (Å²) in [6, 6.07) is 3.94. The van der Waals surface area contributed by atoms with Gasteiger partial charge in [0.05, 0.1) is 11.1 Å². The Balaban J connectivity index is 2.47. The van der Waals surface area contributed by atoms with Crippen LogP contribution in [0.15, 0.2) is 16.5 Å². The maximum atomic E-state index is 6.17. The van der Waals surface area contributed by atoms with Gasteiger partial charge in [-0.15, -0.1) is 0 Å². The minimum absolute atomic E-state index is 0.173. The molecule has 1 heterocycles. The molecule has 1 aromatic carbocycles. The second kappa shape index (κ2) is 5.52. The summed E-state index contributed by atoms with van der Waals surface area (Å²) >= 11 is 12.2. The number of halogens is 2. The third-order valence-electron chi connectivity index (χ3n) is 3.13. The Morgan fingerprint density at radius 1 is 1.33 bits per heavy atom. The van der Waals surface area contributed by atoms with E-state index in [9.17, 15) is 0 Å². The Bertz CT molecular complexity index is 562. The van der Waals surface area contributed by atoms with Crippen molar-refractivity contribution in [1.29, 1.82) is 0 Å². The van der Waals surface area contributed by atoms with Gasteiger partial charge in [0, 0.05) is 10.9 Å². The van der Waals surface area contributed by atoms with Gasteiger partial charge < -0.3 is 9.73 Å². The predicted molar refractivity (Wildman–Crippen MR) is 77.7 cm³/mol. The first-order valence-corrected chi connectivity index (χ1v) is 6.92. The normalized spacial score (nSPS) is 13.2. The Hall–Kier alpha value is -0.700. The fraction of sp³-hybridized carbons (Fsp3) is 0.429. The Morgan fingerprint density at radius 2 is 2.06 bits per heavy atom. The zero-order chi connectivity index (χ0) is 13.3. The molecule has 0 amide bonds. The monoisotopic (exact) mass is 285 g/mol. The molecule has 0 aliphatic carbocycles. The van der Waals surface area contributed by atoms with E-state index in [1.54, 1.807) is 0 Å². The third kappa shape index (κ3) is 2.37. The number of aryl methyl sites for hydroxylation is 1. The molecule has 0 aliphatic rings. The summed E-state index contributed by atoms with van der Waals surface area (Å²) in [6.45, 7) is 7.25. The van der Waals surface area contributed by atoms with Crippen LogP contribution in [0.1, 0.15) is 37.6 Å². The second-order valence-corrected chi connectivity index (χ2v) is 5.29. The number of hydrogen-bond acceptors (Lipinski definition) is 2. The molecule has 4 heteroatoms. The van der Waals surface area contributed by atoms with Crippen molar-refractivity contribution in [2.24, 2.45) is 0 Å². The second-order valence-electron chi connectivity index (χ2n) is 4.51. The zero-order valence-electron chi connectivity index (χ0n) is 10.8. The standard InChI is InChI=1S/C14H17Cl2NO/c1-4-7-17-9(3)13-8(2)10-5-6-11(15)12(16)14(10)18-13/h5-6,9,17H,4,7H2,1-3H3. The lowest BCUT2D eigenvalue weighted by Gasteiger charge is -2.11. The van der Waals surface area contributed by atoms with E-state index in [2.05, 4.69) is 26.1 Å². The van der Waals surface area contributed by atoms with E-state index in [0.29, 0.717) is 15.6 Å². The van der Waals surface area contributed by atoms with Crippen molar-refractivity contribution in [3.05, 3.63) is 33.5 Å². The van der Waals surface area contributed by atoms with Gasteiger partial charge in [0.25, 0.3) is 0 Å². The van der Waals surface area contributed by atoms with E-state index >= 15 is 0 Å². The van der Waals surface area contributed by atoms with Crippen LogP contribution in [0.2, 0.25) is 10.0 Å². The molecule has 98 valence electrons. The van der Waals surface area contributed by atoms with Gasteiger partial charge >= 0.3 is 0 Å². The van der Waals surface area contributed by atoms with Crippen LogP contribution in [0.25, 0.3) is 11.0 Å². The summed E-state index contributed by atoms with van der Waals surface area (Å²) in [5, 5.41) is 5.46. The SMILES string of the molecule is CCCNC(C)c1oc2c(Cl)c(Cl)ccc2c1C. The summed E-state index contributed by atoms with van der Waals surface area (Å²) in [7, 11) is 0. The van der Waals surface area contributed by atoms with Gasteiger partial charge in [0.15, 0.2) is 5.58 Å². The Morgan fingerprint density at radius 3 is 2.72 bits per heavy atom. The molecule has 1 unspecified atom stereocenters. The molecule has 2 nitrogen and oxygen atoms in total. The molecule has 18 heavy (non-hydrogen) atoms. The van der Waals surface area contributed by atoms with Gasteiger partial charge in [-0.3, -0.25) is 0 Å². The fourth-order valence-corrected chi connectivity index (χ4v) is 2.47. The van der Waals surface area contributed by atoms with Gasteiger partial charge in [-0.25, -0.2) is 0 Å². The van der Waals surface area contributed by atoms with Crippen molar-refractivity contribution in [2.75, 3.05) is 6.54 Å². The average molecular weight is 286 g/mol. The van der Waals surface area contributed by atoms with Crippen molar-refractivity contribution >= 4 is 34.2 Å². The highest BCUT2D eigenvalue weighted by molar-refractivity contribution is 6.44. The predicted octanol–water partition coefficient (Wildman–Crippen LogP) is 5.11. The summed E-state index contributed by atoms with van der Waals surface area (Å²) in [6.07, 6.45) is 1.09. The quantitative estimate of drug-likeness (QED) is 0.845. The number of furan rings is 1. The smallest absolute Gasteiger partial charge is 0.154 e. The molecular weight excluding hydrogens is 269 g/mol. The summed E-state index contributed by atoms with van der Waals surface area (Å²) < 4.78 is 5.89. The minimum atomic E-state index is 0.173. The fourth-order valence-electron chi connectivity index (χ4n) is 2.11. The molecule has 2 rings (SSSR count). The highest BCUT2D eigenvalue weighted by Crippen LogP contribution is 2.37. The lowest BCUT2D eigenvalue weighted by molar-refractivity contribution is 0.449. The van der Waals surface area contributed by atoms with Crippen LogP contribution >= 0.6 is 23.2 Å². The van der Waals surface area contributed by atoms with Crippen LogP contribution in [0.5, 0.6) is 0 Å². The number of nitrogens with one attached hydrogen (secondary N) is 1. The van der Waals surface area contributed by atoms with Gasteiger partial charge in [-0.05, 0) is 38.9 Å². The maximum absolute atomic E-state index is 6.17. The molecular formula is C14H17Cl2NO. The highest BCUT2D eigenvalue weighted by Gasteiger charge is 2.18. The van der Waals surface area contributed by atoms with Crippen molar-refractivity contribution < 1.29 is 4.42 Å². The first-order valence-electron chi connectivity index (χ1n) is 6.16. The topological polar surface area (TPSA) is 25.2 Å². The Kier molecular flexibility index (Phi) is 4.21. The zero-order valence-corrected chi connectivity index (χ0v) is 12.3. The number of benzene rings is 1. The van der Waals surface area contributed by atoms with Crippen LogP contribution in [-0.2, 0) is 0 Å². The molecule has 0 aliphatic heterocycles. The van der Waals surface area contributed by atoms with Crippen LogP contribution in [0.3, 0.4) is 0 Å². The van der Waals surface area contributed by atoms with Crippen molar-refractivity contribution in [1.82, 2.24) is 5.32 Å². The van der Waals surface area contributed by atoms with Crippen LogP contribution < -0.4 is 5.32 Å². The molecule has 0 bridgehead atoms. The molecule has 0 saturated carbocycles. The average Bonchev–Trinajstić information content (AvgIpc) is 2.69. The van der Waals surface area contributed by atoms with Crippen molar-refractivity contribution in [3.63, 3.8) is 0 Å². The highest BCUT2D eigenvalue weighted by atomic mass is 35.5.